The number of ketones is 1. The number of carbonyl (C=O) groups is 1. The SMILES string of the molecule is Cc1cccc(N(N)CC(=O)C2CCC3C4CCC5CC(C)CCC5C4CCC23C)c1N. The van der Waals surface area contributed by atoms with Crippen LogP contribution in [0.2, 0.25) is 0 Å². The largest absolute Gasteiger partial charge is 0.397 e. The Labute approximate surface area is 194 Å². The smallest absolute Gasteiger partial charge is 0.157 e. The fourth-order valence-electron chi connectivity index (χ4n) is 8.90. The quantitative estimate of drug-likeness (QED) is 0.358. The van der Waals surface area contributed by atoms with E-state index in [1.807, 2.05) is 25.1 Å². The monoisotopic (exact) mass is 437 g/mol. The summed E-state index contributed by atoms with van der Waals surface area (Å²) in [5, 5.41) is 1.58. The van der Waals surface area contributed by atoms with Crippen molar-refractivity contribution >= 4 is 17.2 Å². The van der Waals surface area contributed by atoms with E-state index in [2.05, 4.69) is 13.8 Å². The Morgan fingerprint density at radius 1 is 1.06 bits per heavy atom. The zero-order chi connectivity index (χ0) is 22.6. The van der Waals surface area contributed by atoms with E-state index in [9.17, 15) is 4.79 Å². The molecule has 176 valence electrons. The van der Waals surface area contributed by atoms with Gasteiger partial charge in [-0.05, 0) is 111 Å². The maximum Gasteiger partial charge on any atom is 0.157 e. The number of anilines is 2. The summed E-state index contributed by atoms with van der Waals surface area (Å²) in [6, 6.07) is 5.86. The average molecular weight is 438 g/mol. The number of aryl methyl sites for hydroxylation is 1. The number of rotatable bonds is 4. The van der Waals surface area contributed by atoms with Gasteiger partial charge < -0.3 is 10.7 Å². The minimum absolute atomic E-state index is 0.148. The van der Waals surface area contributed by atoms with Gasteiger partial charge in [0.25, 0.3) is 0 Å². The van der Waals surface area contributed by atoms with E-state index in [-0.39, 0.29) is 17.9 Å². The predicted octanol–water partition coefficient (Wildman–Crippen LogP) is 5.73. The molecule has 4 nitrogen and oxygen atoms in total. The minimum atomic E-state index is 0.148. The second-order valence-electron chi connectivity index (χ2n) is 12.1. The first-order chi connectivity index (χ1) is 15.3. The van der Waals surface area contributed by atoms with Crippen molar-refractivity contribution in [2.24, 2.45) is 52.7 Å². The molecule has 0 bridgehead atoms. The highest BCUT2D eigenvalue weighted by atomic mass is 16.1. The van der Waals surface area contributed by atoms with Crippen LogP contribution in [0.3, 0.4) is 0 Å². The molecule has 0 amide bonds. The summed E-state index contributed by atoms with van der Waals surface area (Å²) in [5.41, 5.74) is 8.86. The second kappa shape index (κ2) is 8.34. The number of carbonyl (C=O) groups excluding carboxylic acids is 1. The highest BCUT2D eigenvalue weighted by molar-refractivity contribution is 5.87. The van der Waals surface area contributed by atoms with Gasteiger partial charge in [0, 0.05) is 5.92 Å². The highest BCUT2D eigenvalue weighted by Crippen LogP contribution is 2.64. The van der Waals surface area contributed by atoms with Crippen molar-refractivity contribution in [3.8, 4) is 0 Å². The number of para-hydroxylation sites is 1. The van der Waals surface area contributed by atoms with Gasteiger partial charge in [0.15, 0.2) is 5.78 Å². The van der Waals surface area contributed by atoms with Crippen LogP contribution in [0.1, 0.15) is 77.2 Å². The van der Waals surface area contributed by atoms with Gasteiger partial charge in [-0.1, -0.05) is 32.4 Å². The standard InChI is InChI=1S/C28H43N3O/c1-17-7-9-20-19(15-17)8-10-22-21(20)13-14-28(3)23(22)11-12-24(28)26(32)16-31(30)25-6-4-5-18(2)27(25)29/h4-6,17,19-24H,7-16,29-30H2,1-3H3. The summed E-state index contributed by atoms with van der Waals surface area (Å²) in [6.07, 6.45) is 12.0. The number of hydrogen-bond acceptors (Lipinski definition) is 4. The van der Waals surface area contributed by atoms with Gasteiger partial charge in [-0.3, -0.25) is 4.79 Å². The van der Waals surface area contributed by atoms with Crippen LogP contribution in [0.5, 0.6) is 0 Å². The lowest BCUT2D eigenvalue weighted by molar-refractivity contribution is -0.129. The molecule has 8 unspecified atom stereocenters. The van der Waals surface area contributed by atoms with E-state index in [0.29, 0.717) is 11.5 Å². The van der Waals surface area contributed by atoms with Crippen molar-refractivity contribution in [3.63, 3.8) is 0 Å². The number of Topliss-reactive ketones (excluding diaryl/α,β-unsaturated/α-hetero) is 1. The van der Waals surface area contributed by atoms with Crippen molar-refractivity contribution in [1.29, 1.82) is 0 Å². The molecule has 0 heterocycles. The van der Waals surface area contributed by atoms with E-state index in [1.165, 1.54) is 51.4 Å². The van der Waals surface area contributed by atoms with Gasteiger partial charge in [-0.2, -0.15) is 0 Å². The Hall–Kier alpha value is -1.55. The summed E-state index contributed by atoms with van der Waals surface area (Å²) in [7, 11) is 0. The van der Waals surface area contributed by atoms with Gasteiger partial charge >= 0.3 is 0 Å². The van der Waals surface area contributed by atoms with Crippen LogP contribution in [-0.2, 0) is 4.79 Å². The molecule has 1 aromatic carbocycles. The zero-order valence-corrected chi connectivity index (χ0v) is 20.4. The number of benzene rings is 1. The maximum atomic E-state index is 13.5. The Kier molecular flexibility index (Phi) is 5.80. The minimum Gasteiger partial charge on any atom is -0.397 e. The second-order valence-corrected chi connectivity index (χ2v) is 12.1. The molecule has 8 atom stereocenters. The Morgan fingerprint density at radius 3 is 2.66 bits per heavy atom. The lowest BCUT2D eigenvalue weighted by atomic mass is 9.49. The van der Waals surface area contributed by atoms with Gasteiger partial charge in [0.05, 0.1) is 17.9 Å². The van der Waals surface area contributed by atoms with Crippen molar-refractivity contribution in [1.82, 2.24) is 0 Å². The first kappa shape index (κ1) is 22.3. The average Bonchev–Trinajstić information content (AvgIpc) is 3.12. The van der Waals surface area contributed by atoms with E-state index in [4.69, 9.17) is 11.6 Å². The summed E-state index contributed by atoms with van der Waals surface area (Å²) in [6.45, 7) is 7.15. The van der Waals surface area contributed by atoms with Crippen LogP contribution in [0, 0.1) is 53.8 Å². The molecule has 32 heavy (non-hydrogen) atoms. The van der Waals surface area contributed by atoms with Crippen LogP contribution in [-0.4, -0.2) is 12.3 Å². The van der Waals surface area contributed by atoms with E-state index < -0.39 is 0 Å². The summed E-state index contributed by atoms with van der Waals surface area (Å²) in [4.78, 5) is 13.5. The third-order valence-corrected chi connectivity index (χ3v) is 10.5. The molecule has 4 aliphatic rings. The van der Waals surface area contributed by atoms with Crippen molar-refractivity contribution in [2.75, 3.05) is 17.3 Å². The molecule has 0 spiro atoms. The first-order valence-corrected chi connectivity index (χ1v) is 13.2. The fraction of sp³-hybridized carbons (Fsp3) is 0.750. The molecule has 0 aromatic heterocycles. The maximum absolute atomic E-state index is 13.5. The topological polar surface area (TPSA) is 72.3 Å². The number of nitrogen functional groups attached to an aromatic ring is 1. The molecule has 0 aliphatic heterocycles. The van der Waals surface area contributed by atoms with Gasteiger partial charge in [-0.15, -0.1) is 0 Å². The van der Waals surface area contributed by atoms with Crippen LogP contribution in [0.15, 0.2) is 18.2 Å². The number of hydrazine groups is 1. The zero-order valence-electron chi connectivity index (χ0n) is 20.4. The Morgan fingerprint density at radius 2 is 1.84 bits per heavy atom. The van der Waals surface area contributed by atoms with Crippen LogP contribution in [0.25, 0.3) is 0 Å². The Balaban J connectivity index is 1.29. The third-order valence-electron chi connectivity index (χ3n) is 10.5. The number of hydrogen-bond donors (Lipinski definition) is 2. The van der Waals surface area contributed by atoms with E-state index in [1.54, 1.807) is 5.01 Å². The van der Waals surface area contributed by atoms with Gasteiger partial charge in [-0.25, -0.2) is 5.84 Å². The van der Waals surface area contributed by atoms with E-state index >= 15 is 0 Å². The summed E-state index contributed by atoms with van der Waals surface area (Å²) >= 11 is 0. The van der Waals surface area contributed by atoms with Crippen molar-refractivity contribution < 1.29 is 4.79 Å². The van der Waals surface area contributed by atoms with Gasteiger partial charge in [0.2, 0.25) is 0 Å². The van der Waals surface area contributed by atoms with E-state index in [0.717, 1.165) is 53.2 Å². The van der Waals surface area contributed by atoms with Crippen LogP contribution >= 0.6 is 0 Å². The molecule has 1 aromatic rings. The molecular weight excluding hydrogens is 394 g/mol. The van der Waals surface area contributed by atoms with Crippen molar-refractivity contribution in [3.05, 3.63) is 23.8 Å². The van der Waals surface area contributed by atoms with Crippen LogP contribution < -0.4 is 16.6 Å². The molecular formula is C28H43N3O. The number of nitrogens with two attached hydrogens (primary N) is 2. The normalized spacial score (nSPS) is 40.8. The molecule has 4 aliphatic carbocycles. The molecule has 4 heteroatoms. The van der Waals surface area contributed by atoms with Gasteiger partial charge in [0.1, 0.15) is 0 Å². The highest BCUT2D eigenvalue weighted by Gasteiger charge is 2.58. The molecule has 0 radical (unpaired) electrons. The summed E-state index contributed by atoms with van der Waals surface area (Å²) < 4.78 is 0. The number of nitrogens with zero attached hydrogens (tertiary/aromatic N) is 1. The van der Waals surface area contributed by atoms with Crippen LogP contribution in [0.4, 0.5) is 11.4 Å². The third kappa shape index (κ3) is 3.57. The first-order valence-electron chi connectivity index (χ1n) is 13.2. The number of fused-ring (bicyclic) bond motifs is 5. The molecule has 4 fully saturated rings. The molecule has 5 rings (SSSR count). The lowest BCUT2D eigenvalue weighted by Crippen LogP contribution is -2.50. The summed E-state index contributed by atoms with van der Waals surface area (Å²) in [5.74, 6) is 12.2. The molecule has 0 saturated heterocycles. The fourth-order valence-corrected chi connectivity index (χ4v) is 8.90. The molecule has 4 N–H and O–H groups in total. The lowest BCUT2D eigenvalue weighted by Gasteiger charge is -2.56. The molecule has 4 saturated carbocycles. The Bertz CT molecular complexity index is 868. The van der Waals surface area contributed by atoms with Crippen molar-refractivity contribution in [2.45, 2.75) is 78.6 Å². The predicted molar refractivity (Wildman–Crippen MR) is 132 cm³/mol.